The van der Waals surface area contributed by atoms with E-state index >= 15 is 0 Å². The summed E-state index contributed by atoms with van der Waals surface area (Å²) < 4.78 is 4.77. The number of hydrogen-bond donors (Lipinski definition) is 3. The Morgan fingerprint density at radius 1 is 0.966 bits per heavy atom. The van der Waals surface area contributed by atoms with Gasteiger partial charge in [0, 0.05) is 9.90 Å². The minimum atomic E-state index is -0.781. The van der Waals surface area contributed by atoms with Crippen LogP contribution >= 0.6 is 34.5 Å². The van der Waals surface area contributed by atoms with E-state index in [-0.39, 0.29) is 17.1 Å². The Hall–Kier alpha value is -2.62. The predicted molar refractivity (Wildman–Crippen MR) is 109 cm³/mol. The van der Waals surface area contributed by atoms with E-state index < -0.39 is 36.8 Å². The Labute approximate surface area is 180 Å². The first-order chi connectivity index (χ1) is 13.8. The summed E-state index contributed by atoms with van der Waals surface area (Å²) in [5.41, 5.74) is 0.164. The quantitative estimate of drug-likeness (QED) is 0.496. The Morgan fingerprint density at radius 2 is 1.76 bits per heavy atom. The molecule has 0 aliphatic heterocycles. The van der Waals surface area contributed by atoms with Crippen LogP contribution in [0, 0.1) is 0 Å². The van der Waals surface area contributed by atoms with Crippen molar-refractivity contribution in [3.63, 3.8) is 0 Å². The third-order valence-electron chi connectivity index (χ3n) is 3.42. The average molecular weight is 458 g/mol. The monoisotopic (exact) mass is 457 g/mol. The number of esters is 1. The van der Waals surface area contributed by atoms with E-state index in [4.69, 9.17) is 27.9 Å². The first kappa shape index (κ1) is 22.7. The number of halogens is 2. The van der Waals surface area contributed by atoms with Gasteiger partial charge in [-0.2, -0.15) is 0 Å². The molecular weight excluding hydrogens is 441 g/mol. The zero-order chi connectivity index (χ0) is 21.2. The molecule has 1 aromatic heterocycles. The van der Waals surface area contributed by atoms with Gasteiger partial charge in [0.2, 0.25) is 5.91 Å². The lowest BCUT2D eigenvalue weighted by atomic mass is 10.2. The lowest BCUT2D eigenvalue weighted by Gasteiger charge is -2.09. The molecule has 11 heteroatoms. The molecule has 0 aliphatic rings. The summed E-state index contributed by atoms with van der Waals surface area (Å²) in [6, 6.07) is 8.06. The highest BCUT2D eigenvalue weighted by Crippen LogP contribution is 2.20. The molecule has 2 rings (SSSR count). The third-order valence-corrected chi connectivity index (χ3v) is 4.84. The molecule has 154 valence electrons. The second-order valence-electron chi connectivity index (χ2n) is 5.60. The van der Waals surface area contributed by atoms with Gasteiger partial charge >= 0.3 is 5.97 Å². The van der Waals surface area contributed by atoms with Gasteiger partial charge in [-0.3, -0.25) is 19.2 Å². The van der Waals surface area contributed by atoms with Gasteiger partial charge in [-0.25, -0.2) is 0 Å². The molecule has 0 fully saturated rings. The molecule has 0 unspecified atom stereocenters. The van der Waals surface area contributed by atoms with E-state index in [1.807, 2.05) is 17.5 Å². The lowest BCUT2D eigenvalue weighted by Crippen LogP contribution is -2.40. The highest BCUT2D eigenvalue weighted by atomic mass is 35.5. The molecule has 0 radical (unpaired) electrons. The molecule has 1 heterocycles. The summed E-state index contributed by atoms with van der Waals surface area (Å²) in [7, 11) is 0. The number of rotatable bonds is 9. The van der Waals surface area contributed by atoms with Crippen LogP contribution in [0.1, 0.15) is 15.2 Å². The highest BCUT2D eigenvalue weighted by molar-refractivity contribution is 7.09. The molecule has 8 nitrogen and oxygen atoms in total. The van der Waals surface area contributed by atoms with E-state index in [1.54, 1.807) is 0 Å². The van der Waals surface area contributed by atoms with Gasteiger partial charge in [-0.05, 0) is 29.6 Å². The summed E-state index contributed by atoms with van der Waals surface area (Å²) in [5.74, 6) is -2.41. The fraction of sp³-hybridized carbons (Fsp3) is 0.222. The van der Waals surface area contributed by atoms with E-state index in [2.05, 4.69) is 16.0 Å². The van der Waals surface area contributed by atoms with Gasteiger partial charge in [0.15, 0.2) is 6.61 Å². The number of benzene rings is 1. The van der Waals surface area contributed by atoms with Gasteiger partial charge in [0.1, 0.15) is 6.54 Å². The Morgan fingerprint density at radius 3 is 2.45 bits per heavy atom. The van der Waals surface area contributed by atoms with E-state index in [1.165, 1.54) is 29.5 Å². The zero-order valence-electron chi connectivity index (χ0n) is 15.0. The van der Waals surface area contributed by atoms with Gasteiger partial charge in [0.05, 0.1) is 23.7 Å². The minimum absolute atomic E-state index is 0.149. The number of amides is 3. The molecule has 0 atom stereocenters. The number of thiophene rings is 1. The van der Waals surface area contributed by atoms with E-state index in [0.29, 0.717) is 11.6 Å². The van der Waals surface area contributed by atoms with Crippen molar-refractivity contribution in [2.75, 3.05) is 19.7 Å². The van der Waals surface area contributed by atoms with Crippen molar-refractivity contribution in [3.8, 4) is 0 Å². The minimum Gasteiger partial charge on any atom is -0.454 e. The standard InChI is InChI=1S/C18H17Cl2N3O5S/c19-11-3-4-13(14(20)6-11)18(27)23-8-15(24)22-9-17(26)28-10-16(25)21-7-12-2-1-5-29-12/h1-6H,7-10H2,(H,21,25)(H,22,24)(H,23,27). The van der Waals surface area contributed by atoms with Crippen molar-refractivity contribution in [1.82, 2.24) is 16.0 Å². The number of hydrogen-bond acceptors (Lipinski definition) is 6. The molecular formula is C18H17Cl2N3O5S. The number of nitrogens with one attached hydrogen (secondary N) is 3. The summed E-state index contributed by atoms with van der Waals surface area (Å²) in [6.45, 7) is -0.908. The van der Waals surface area contributed by atoms with Crippen molar-refractivity contribution in [2.24, 2.45) is 0 Å². The van der Waals surface area contributed by atoms with Crippen LogP contribution in [0.15, 0.2) is 35.7 Å². The summed E-state index contributed by atoms with van der Waals surface area (Å²) >= 11 is 13.2. The second-order valence-corrected chi connectivity index (χ2v) is 7.48. The molecule has 0 spiro atoms. The van der Waals surface area contributed by atoms with Crippen molar-refractivity contribution in [2.45, 2.75) is 6.54 Å². The topological polar surface area (TPSA) is 114 Å². The average Bonchev–Trinajstić information content (AvgIpc) is 3.21. The molecule has 2 aromatic rings. The van der Waals surface area contributed by atoms with Gasteiger partial charge in [-0.15, -0.1) is 11.3 Å². The van der Waals surface area contributed by atoms with Crippen LogP contribution in [0.2, 0.25) is 10.0 Å². The van der Waals surface area contributed by atoms with Crippen LogP contribution in [-0.4, -0.2) is 43.4 Å². The lowest BCUT2D eigenvalue weighted by molar-refractivity contribution is -0.148. The van der Waals surface area contributed by atoms with Crippen LogP contribution in [0.25, 0.3) is 0 Å². The Kier molecular flexibility index (Phi) is 8.91. The molecule has 0 saturated heterocycles. The maximum absolute atomic E-state index is 12.0. The van der Waals surface area contributed by atoms with Crippen molar-refractivity contribution in [1.29, 1.82) is 0 Å². The SMILES string of the molecule is O=C(CNC(=O)c1ccc(Cl)cc1Cl)NCC(=O)OCC(=O)NCc1cccs1. The molecule has 0 bridgehead atoms. The third kappa shape index (κ3) is 8.10. The molecule has 1 aromatic carbocycles. The maximum atomic E-state index is 12.0. The van der Waals surface area contributed by atoms with E-state index in [0.717, 1.165) is 4.88 Å². The van der Waals surface area contributed by atoms with E-state index in [9.17, 15) is 19.2 Å². The van der Waals surface area contributed by atoms with Crippen molar-refractivity contribution < 1.29 is 23.9 Å². The second kappa shape index (κ2) is 11.4. The largest absolute Gasteiger partial charge is 0.454 e. The maximum Gasteiger partial charge on any atom is 0.325 e. The zero-order valence-corrected chi connectivity index (χ0v) is 17.3. The molecule has 29 heavy (non-hydrogen) atoms. The fourth-order valence-corrected chi connectivity index (χ4v) is 3.15. The normalized spacial score (nSPS) is 10.1. The smallest absolute Gasteiger partial charge is 0.325 e. The van der Waals surface area contributed by atoms with Crippen molar-refractivity contribution in [3.05, 3.63) is 56.2 Å². The summed E-state index contributed by atoms with van der Waals surface area (Å²) in [4.78, 5) is 47.9. The van der Waals surface area contributed by atoms with Crippen LogP contribution in [0.5, 0.6) is 0 Å². The number of carbonyl (C=O) groups excluding carboxylic acids is 4. The van der Waals surface area contributed by atoms with Crippen LogP contribution in [-0.2, 0) is 25.7 Å². The molecule has 3 N–H and O–H groups in total. The Balaban J connectivity index is 1.62. The first-order valence-electron chi connectivity index (χ1n) is 8.30. The molecule has 3 amide bonds. The van der Waals surface area contributed by atoms with Crippen LogP contribution in [0.4, 0.5) is 0 Å². The molecule has 0 saturated carbocycles. The number of ether oxygens (including phenoxy) is 1. The Bertz CT molecular complexity index is 890. The first-order valence-corrected chi connectivity index (χ1v) is 9.93. The fourth-order valence-electron chi connectivity index (χ4n) is 2.01. The van der Waals surface area contributed by atoms with Gasteiger partial charge < -0.3 is 20.7 Å². The van der Waals surface area contributed by atoms with Gasteiger partial charge in [-0.1, -0.05) is 29.3 Å². The molecule has 0 aliphatic carbocycles. The highest BCUT2D eigenvalue weighted by Gasteiger charge is 2.13. The van der Waals surface area contributed by atoms with Gasteiger partial charge in [0.25, 0.3) is 11.8 Å². The summed E-state index contributed by atoms with van der Waals surface area (Å²) in [5, 5.41) is 9.66. The van der Waals surface area contributed by atoms with Crippen molar-refractivity contribution >= 4 is 58.2 Å². The predicted octanol–water partition coefficient (Wildman–Crippen LogP) is 1.76. The summed E-state index contributed by atoms with van der Waals surface area (Å²) in [6.07, 6.45) is 0. The number of carbonyl (C=O) groups is 4. The van der Waals surface area contributed by atoms with Crippen LogP contribution in [0.3, 0.4) is 0 Å². The van der Waals surface area contributed by atoms with Crippen LogP contribution < -0.4 is 16.0 Å².